The predicted octanol–water partition coefficient (Wildman–Crippen LogP) is 1.02. The van der Waals surface area contributed by atoms with E-state index in [1.807, 2.05) is 5.43 Å². The number of nitrogens with zero attached hydrogens (tertiary/aromatic N) is 1. The Balaban J connectivity index is 2.49. The number of halogens is 1. The van der Waals surface area contributed by atoms with Crippen LogP contribution in [-0.4, -0.2) is 12.2 Å². The lowest BCUT2D eigenvalue weighted by Crippen LogP contribution is -2.24. The molecule has 3 N–H and O–H groups in total. The molecule has 5 heteroatoms. The zero-order valence-corrected chi connectivity index (χ0v) is 7.40. The van der Waals surface area contributed by atoms with Crippen LogP contribution in [0.3, 0.4) is 0 Å². The summed E-state index contributed by atoms with van der Waals surface area (Å²) in [6.45, 7) is 0. The average Bonchev–Trinajstić information content (AvgIpc) is 2.15. The SMILES string of the molecule is NC(=O)N/N=C/Cc1ccccc1F. The van der Waals surface area contributed by atoms with Gasteiger partial charge in [-0.15, -0.1) is 0 Å². The number of urea groups is 1. The molecule has 4 nitrogen and oxygen atoms in total. The van der Waals surface area contributed by atoms with Crippen LogP contribution < -0.4 is 11.2 Å². The Morgan fingerprint density at radius 1 is 1.57 bits per heavy atom. The standard InChI is InChI=1S/C9H10FN3O/c10-8-4-2-1-3-7(8)5-6-12-13-9(11)14/h1-4,6H,5H2,(H3,11,13,14)/b12-6+. The fourth-order valence-corrected chi connectivity index (χ4v) is 0.917. The second kappa shape index (κ2) is 4.96. The highest BCUT2D eigenvalue weighted by Gasteiger charge is 1.97. The third-order valence-electron chi connectivity index (χ3n) is 1.54. The number of carbonyl (C=O) groups excluding carboxylic acids is 1. The van der Waals surface area contributed by atoms with Crippen molar-refractivity contribution in [3.8, 4) is 0 Å². The van der Waals surface area contributed by atoms with Crippen molar-refractivity contribution in [3.63, 3.8) is 0 Å². The molecule has 1 aromatic rings. The molecule has 0 spiro atoms. The smallest absolute Gasteiger partial charge is 0.332 e. The van der Waals surface area contributed by atoms with Crippen LogP contribution in [0.15, 0.2) is 29.4 Å². The van der Waals surface area contributed by atoms with Gasteiger partial charge in [0.2, 0.25) is 0 Å². The van der Waals surface area contributed by atoms with E-state index in [2.05, 4.69) is 5.10 Å². The van der Waals surface area contributed by atoms with E-state index >= 15 is 0 Å². The van der Waals surface area contributed by atoms with Crippen molar-refractivity contribution < 1.29 is 9.18 Å². The first-order valence-corrected chi connectivity index (χ1v) is 4.00. The lowest BCUT2D eigenvalue weighted by molar-refractivity contribution is 0.249. The van der Waals surface area contributed by atoms with Crippen LogP contribution in [-0.2, 0) is 6.42 Å². The second-order valence-electron chi connectivity index (χ2n) is 2.58. The Kier molecular flexibility index (Phi) is 3.60. The predicted molar refractivity (Wildman–Crippen MR) is 51.3 cm³/mol. The Morgan fingerprint density at radius 3 is 2.93 bits per heavy atom. The van der Waals surface area contributed by atoms with Gasteiger partial charge < -0.3 is 5.73 Å². The molecule has 0 atom stereocenters. The van der Waals surface area contributed by atoms with Gasteiger partial charge in [-0.3, -0.25) is 0 Å². The van der Waals surface area contributed by atoms with Crippen molar-refractivity contribution >= 4 is 12.2 Å². The highest BCUT2D eigenvalue weighted by atomic mass is 19.1. The molecule has 0 saturated heterocycles. The lowest BCUT2D eigenvalue weighted by Gasteiger charge is -1.97. The highest BCUT2D eigenvalue weighted by Crippen LogP contribution is 2.05. The highest BCUT2D eigenvalue weighted by molar-refractivity contribution is 5.73. The third-order valence-corrected chi connectivity index (χ3v) is 1.54. The minimum atomic E-state index is -0.741. The molecule has 0 heterocycles. The van der Waals surface area contributed by atoms with Crippen LogP contribution in [0.2, 0.25) is 0 Å². The molecule has 0 bridgehead atoms. The van der Waals surface area contributed by atoms with E-state index in [1.54, 1.807) is 18.2 Å². The van der Waals surface area contributed by atoms with Crippen LogP contribution in [0.4, 0.5) is 9.18 Å². The molecule has 0 aliphatic heterocycles. The molecule has 0 saturated carbocycles. The molecule has 0 fully saturated rings. The van der Waals surface area contributed by atoms with Gasteiger partial charge in [0.15, 0.2) is 0 Å². The average molecular weight is 195 g/mol. The molecule has 0 unspecified atom stereocenters. The maximum absolute atomic E-state index is 13.0. The summed E-state index contributed by atoms with van der Waals surface area (Å²) in [5.41, 5.74) is 7.30. The summed E-state index contributed by atoms with van der Waals surface area (Å²) >= 11 is 0. The van der Waals surface area contributed by atoms with Gasteiger partial charge in [-0.05, 0) is 11.6 Å². The number of benzene rings is 1. The maximum Gasteiger partial charge on any atom is 0.332 e. The van der Waals surface area contributed by atoms with E-state index in [1.165, 1.54) is 12.3 Å². The third kappa shape index (κ3) is 3.22. The Morgan fingerprint density at radius 2 is 2.29 bits per heavy atom. The van der Waals surface area contributed by atoms with E-state index in [0.29, 0.717) is 12.0 Å². The Bertz CT molecular complexity index is 352. The molecule has 2 amide bonds. The first-order chi connectivity index (χ1) is 6.70. The van der Waals surface area contributed by atoms with Crippen LogP contribution in [0.25, 0.3) is 0 Å². The molecule has 1 rings (SSSR count). The van der Waals surface area contributed by atoms with Crippen molar-refractivity contribution in [1.29, 1.82) is 0 Å². The number of rotatable bonds is 3. The van der Waals surface area contributed by atoms with Crippen molar-refractivity contribution in [2.75, 3.05) is 0 Å². The molecular weight excluding hydrogens is 185 g/mol. The molecule has 0 aliphatic carbocycles. The summed E-state index contributed by atoms with van der Waals surface area (Å²) in [5.74, 6) is -0.293. The number of hydrogen-bond donors (Lipinski definition) is 2. The molecule has 74 valence electrons. The van der Waals surface area contributed by atoms with E-state index in [0.717, 1.165) is 0 Å². The normalized spacial score (nSPS) is 10.4. The van der Waals surface area contributed by atoms with E-state index in [4.69, 9.17) is 5.73 Å². The maximum atomic E-state index is 13.0. The molecule has 0 aromatic heterocycles. The lowest BCUT2D eigenvalue weighted by atomic mass is 10.1. The fourth-order valence-electron chi connectivity index (χ4n) is 0.917. The first-order valence-electron chi connectivity index (χ1n) is 4.00. The number of primary amides is 1. The minimum Gasteiger partial charge on any atom is -0.350 e. The Hall–Kier alpha value is -1.91. The van der Waals surface area contributed by atoms with Gasteiger partial charge in [-0.1, -0.05) is 18.2 Å². The fraction of sp³-hybridized carbons (Fsp3) is 0.111. The number of amides is 2. The number of carbonyl (C=O) groups is 1. The number of nitrogens with two attached hydrogens (primary N) is 1. The van der Waals surface area contributed by atoms with Crippen LogP contribution in [0.1, 0.15) is 5.56 Å². The summed E-state index contributed by atoms with van der Waals surface area (Å²) in [5, 5.41) is 3.49. The summed E-state index contributed by atoms with van der Waals surface area (Å²) in [6, 6.07) is 5.61. The number of hydrogen-bond acceptors (Lipinski definition) is 2. The van der Waals surface area contributed by atoms with Gasteiger partial charge in [0, 0.05) is 12.6 Å². The van der Waals surface area contributed by atoms with Crippen LogP contribution in [0.5, 0.6) is 0 Å². The van der Waals surface area contributed by atoms with Crippen molar-refractivity contribution in [3.05, 3.63) is 35.6 Å². The molecule has 0 aliphatic rings. The van der Waals surface area contributed by atoms with Gasteiger partial charge in [-0.2, -0.15) is 5.10 Å². The monoisotopic (exact) mass is 195 g/mol. The van der Waals surface area contributed by atoms with Gasteiger partial charge in [0.25, 0.3) is 0 Å². The summed E-state index contributed by atoms with van der Waals surface area (Å²) < 4.78 is 13.0. The molecular formula is C9H10FN3O. The van der Waals surface area contributed by atoms with E-state index < -0.39 is 6.03 Å². The van der Waals surface area contributed by atoms with Crippen molar-refractivity contribution in [1.82, 2.24) is 5.43 Å². The van der Waals surface area contributed by atoms with Crippen molar-refractivity contribution in [2.45, 2.75) is 6.42 Å². The van der Waals surface area contributed by atoms with Gasteiger partial charge in [0.05, 0.1) is 0 Å². The first kappa shape index (κ1) is 10.2. The zero-order valence-electron chi connectivity index (χ0n) is 7.40. The largest absolute Gasteiger partial charge is 0.350 e. The summed E-state index contributed by atoms with van der Waals surface area (Å²) in [4.78, 5) is 10.2. The summed E-state index contributed by atoms with van der Waals surface area (Å²) in [6.07, 6.45) is 1.69. The van der Waals surface area contributed by atoms with Gasteiger partial charge in [-0.25, -0.2) is 14.6 Å². The minimum absolute atomic E-state index is 0.293. The second-order valence-corrected chi connectivity index (χ2v) is 2.58. The van der Waals surface area contributed by atoms with E-state index in [9.17, 15) is 9.18 Å². The summed E-state index contributed by atoms with van der Waals surface area (Å²) in [7, 11) is 0. The van der Waals surface area contributed by atoms with Crippen LogP contribution in [0, 0.1) is 5.82 Å². The quantitative estimate of drug-likeness (QED) is 0.548. The van der Waals surface area contributed by atoms with Gasteiger partial charge >= 0.3 is 6.03 Å². The molecule has 1 aromatic carbocycles. The molecule has 0 radical (unpaired) electrons. The zero-order chi connectivity index (χ0) is 10.4. The van der Waals surface area contributed by atoms with E-state index in [-0.39, 0.29) is 5.82 Å². The Labute approximate surface area is 80.6 Å². The van der Waals surface area contributed by atoms with Crippen molar-refractivity contribution in [2.24, 2.45) is 10.8 Å². The number of nitrogens with one attached hydrogen (secondary N) is 1. The van der Waals surface area contributed by atoms with Gasteiger partial charge in [0.1, 0.15) is 5.82 Å². The topological polar surface area (TPSA) is 67.5 Å². The molecule has 14 heavy (non-hydrogen) atoms. The number of hydrazone groups is 1. The van der Waals surface area contributed by atoms with Crippen LogP contribution >= 0.6 is 0 Å².